The average Bonchev–Trinajstić information content (AvgIpc) is 2.83. The first-order chi connectivity index (χ1) is 15.6. The second kappa shape index (κ2) is 10.1. The maximum atomic E-state index is 12.8. The molecule has 0 bridgehead atoms. The molecule has 0 aliphatic heterocycles. The summed E-state index contributed by atoms with van der Waals surface area (Å²) in [5.41, 5.74) is 2.02. The molecule has 2 amide bonds. The molecule has 4 rings (SSSR count). The van der Waals surface area contributed by atoms with Crippen LogP contribution < -0.4 is 10.6 Å². The molecule has 0 aliphatic rings. The number of benzene rings is 3. The minimum absolute atomic E-state index is 0.0608. The fourth-order valence-electron chi connectivity index (χ4n) is 3.33. The summed E-state index contributed by atoms with van der Waals surface area (Å²) >= 11 is 1.48. The fraction of sp³-hybridized carbons (Fsp3) is 0.115. The van der Waals surface area contributed by atoms with Gasteiger partial charge >= 0.3 is 0 Å². The van der Waals surface area contributed by atoms with Crippen LogP contribution in [0.15, 0.2) is 96.2 Å². The van der Waals surface area contributed by atoms with Gasteiger partial charge in [0, 0.05) is 34.2 Å². The Morgan fingerprint density at radius 2 is 1.62 bits per heavy atom. The van der Waals surface area contributed by atoms with Crippen molar-refractivity contribution in [2.75, 3.05) is 10.6 Å². The highest BCUT2D eigenvalue weighted by Gasteiger charge is 2.18. The van der Waals surface area contributed by atoms with Crippen molar-refractivity contribution in [2.24, 2.45) is 0 Å². The minimum atomic E-state index is -0.255. The summed E-state index contributed by atoms with van der Waals surface area (Å²) in [6, 6.07) is 24.7. The van der Waals surface area contributed by atoms with Gasteiger partial charge in [-0.15, -0.1) is 11.8 Å². The molecule has 2 N–H and O–H groups in total. The molecule has 0 fully saturated rings. The summed E-state index contributed by atoms with van der Waals surface area (Å²) in [4.78, 5) is 30.3. The van der Waals surface area contributed by atoms with Gasteiger partial charge in [0.25, 0.3) is 5.91 Å². The number of carbonyl (C=O) groups is 2. The Morgan fingerprint density at radius 1 is 0.844 bits per heavy atom. The zero-order chi connectivity index (χ0) is 22.3. The highest BCUT2D eigenvalue weighted by molar-refractivity contribution is 8.00. The molecule has 0 aliphatic carbocycles. The van der Waals surface area contributed by atoms with E-state index in [1.54, 1.807) is 24.5 Å². The van der Waals surface area contributed by atoms with Crippen LogP contribution in [0.2, 0.25) is 0 Å². The Morgan fingerprint density at radius 3 is 2.41 bits per heavy atom. The first kappa shape index (κ1) is 21.6. The molecule has 1 atom stereocenters. The van der Waals surface area contributed by atoms with Gasteiger partial charge in [-0.05, 0) is 59.7 Å². The maximum Gasteiger partial charge on any atom is 0.255 e. The number of thioether (sulfide) groups is 1. The molecule has 32 heavy (non-hydrogen) atoms. The monoisotopic (exact) mass is 441 g/mol. The number of aromatic nitrogens is 1. The van der Waals surface area contributed by atoms with E-state index in [0.717, 1.165) is 21.4 Å². The Labute approximate surface area is 191 Å². The standard InChI is InChI=1S/C26H23N3O2S/c1-2-24(26(31)28-21-12-14-27-15-13-21)32-23-9-5-8-22(17-23)29-25(30)20-11-10-18-6-3-4-7-19(18)16-20/h3-17,24H,2H2,1H3,(H,29,30)(H,27,28,31). The van der Waals surface area contributed by atoms with E-state index in [2.05, 4.69) is 15.6 Å². The molecule has 5 nitrogen and oxygen atoms in total. The predicted molar refractivity (Wildman–Crippen MR) is 131 cm³/mol. The van der Waals surface area contributed by atoms with Crippen LogP contribution in [0.25, 0.3) is 10.8 Å². The first-order valence-corrected chi connectivity index (χ1v) is 11.3. The highest BCUT2D eigenvalue weighted by atomic mass is 32.2. The molecule has 6 heteroatoms. The van der Waals surface area contributed by atoms with E-state index in [-0.39, 0.29) is 17.1 Å². The summed E-state index contributed by atoms with van der Waals surface area (Å²) in [5.74, 6) is -0.227. The fourth-order valence-corrected chi connectivity index (χ4v) is 4.34. The van der Waals surface area contributed by atoms with Crippen molar-refractivity contribution in [1.29, 1.82) is 0 Å². The summed E-state index contributed by atoms with van der Waals surface area (Å²) in [5, 5.41) is 7.75. The third kappa shape index (κ3) is 5.34. The molecule has 1 aromatic heterocycles. The Balaban J connectivity index is 1.43. The van der Waals surface area contributed by atoms with Gasteiger partial charge in [0.05, 0.1) is 5.25 Å². The lowest BCUT2D eigenvalue weighted by Gasteiger charge is -2.15. The van der Waals surface area contributed by atoms with Crippen molar-refractivity contribution >= 4 is 45.7 Å². The van der Waals surface area contributed by atoms with Crippen molar-refractivity contribution in [2.45, 2.75) is 23.5 Å². The van der Waals surface area contributed by atoms with Gasteiger partial charge in [-0.2, -0.15) is 0 Å². The van der Waals surface area contributed by atoms with Crippen LogP contribution in [-0.4, -0.2) is 22.0 Å². The van der Waals surface area contributed by atoms with Gasteiger partial charge in [-0.25, -0.2) is 0 Å². The van der Waals surface area contributed by atoms with Crippen molar-refractivity contribution in [3.63, 3.8) is 0 Å². The van der Waals surface area contributed by atoms with Crippen LogP contribution in [0.5, 0.6) is 0 Å². The lowest BCUT2D eigenvalue weighted by atomic mass is 10.1. The molecule has 3 aromatic carbocycles. The lowest BCUT2D eigenvalue weighted by Crippen LogP contribution is -2.24. The molecule has 1 heterocycles. The number of amides is 2. The zero-order valence-corrected chi connectivity index (χ0v) is 18.4. The summed E-state index contributed by atoms with van der Waals surface area (Å²) in [7, 11) is 0. The maximum absolute atomic E-state index is 12.8. The average molecular weight is 442 g/mol. The molecule has 1 unspecified atom stereocenters. The van der Waals surface area contributed by atoms with Crippen LogP contribution in [0.4, 0.5) is 11.4 Å². The molecule has 0 saturated carbocycles. The normalized spacial score (nSPS) is 11.7. The van der Waals surface area contributed by atoms with Crippen molar-refractivity contribution in [1.82, 2.24) is 4.98 Å². The number of carbonyl (C=O) groups excluding carboxylic acids is 2. The summed E-state index contributed by atoms with van der Waals surface area (Å²) in [6.07, 6.45) is 3.96. The van der Waals surface area contributed by atoms with Gasteiger partial charge < -0.3 is 10.6 Å². The number of nitrogens with zero attached hydrogens (tertiary/aromatic N) is 1. The molecule has 0 spiro atoms. The summed E-state index contributed by atoms with van der Waals surface area (Å²) in [6.45, 7) is 1.98. The number of fused-ring (bicyclic) bond motifs is 1. The van der Waals surface area contributed by atoms with Crippen molar-refractivity contribution < 1.29 is 9.59 Å². The van der Waals surface area contributed by atoms with Crippen molar-refractivity contribution in [3.05, 3.63) is 96.8 Å². The zero-order valence-electron chi connectivity index (χ0n) is 17.6. The smallest absolute Gasteiger partial charge is 0.255 e. The van der Waals surface area contributed by atoms with E-state index < -0.39 is 0 Å². The van der Waals surface area contributed by atoms with Crippen LogP contribution >= 0.6 is 11.8 Å². The highest BCUT2D eigenvalue weighted by Crippen LogP contribution is 2.29. The van der Waals surface area contributed by atoms with Gasteiger partial charge in [0.1, 0.15) is 0 Å². The van der Waals surface area contributed by atoms with Crippen LogP contribution in [-0.2, 0) is 4.79 Å². The van der Waals surface area contributed by atoms with Crippen molar-refractivity contribution in [3.8, 4) is 0 Å². The number of rotatable bonds is 7. The quantitative estimate of drug-likeness (QED) is 0.345. The van der Waals surface area contributed by atoms with Gasteiger partial charge in [0.2, 0.25) is 5.91 Å². The summed E-state index contributed by atoms with van der Waals surface area (Å²) < 4.78 is 0. The predicted octanol–water partition coefficient (Wildman–Crippen LogP) is 6.00. The van der Waals surface area contributed by atoms with E-state index in [9.17, 15) is 9.59 Å². The largest absolute Gasteiger partial charge is 0.325 e. The number of hydrogen-bond donors (Lipinski definition) is 2. The topological polar surface area (TPSA) is 71.1 Å². The number of anilines is 2. The Kier molecular flexibility index (Phi) is 6.82. The molecule has 0 radical (unpaired) electrons. The van der Waals surface area contributed by atoms with Gasteiger partial charge in [-0.3, -0.25) is 14.6 Å². The SMILES string of the molecule is CCC(Sc1cccc(NC(=O)c2ccc3ccccc3c2)c1)C(=O)Nc1ccncc1. The molecule has 160 valence electrons. The van der Waals surface area contributed by atoms with E-state index in [1.807, 2.05) is 73.7 Å². The second-order valence-corrected chi connectivity index (χ2v) is 8.56. The van der Waals surface area contributed by atoms with Crippen LogP contribution in [0.1, 0.15) is 23.7 Å². The number of hydrogen-bond acceptors (Lipinski definition) is 4. The molecule has 0 saturated heterocycles. The van der Waals surface area contributed by atoms with E-state index >= 15 is 0 Å². The lowest BCUT2D eigenvalue weighted by molar-refractivity contribution is -0.115. The Bertz CT molecular complexity index is 1240. The van der Waals surface area contributed by atoms with Crippen LogP contribution in [0.3, 0.4) is 0 Å². The van der Waals surface area contributed by atoms with Gasteiger partial charge in [0.15, 0.2) is 0 Å². The second-order valence-electron chi connectivity index (χ2n) is 7.28. The van der Waals surface area contributed by atoms with E-state index in [0.29, 0.717) is 17.7 Å². The minimum Gasteiger partial charge on any atom is -0.325 e. The number of nitrogens with one attached hydrogen (secondary N) is 2. The van der Waals surface area contributed by atoms with E-state index in [1.165, 1.54) is 11.8 Å². The third-order valence-corrected chi connectivity index (χ3v) is 6.35. The molecule has 4 aromatic rings. The third-order valence-electron chi connectivity index (χ3n) is 4.99. The Hall–Kier alpha value is -3.64. The molecular weight excluding hydrogens is 418 g/mol. The number of pyridine rings is 1. The van der Waals surface area contributed by atoms with E-state index in [4.69, 9.17) is 0 Å². The van der Waals surface area contributed by atoms with Gasteiger partial charge in [-0.1, -0.05) is 43.3 Å². The molecular formula is C26H23N3O2S. The van der Waals surface area contributed by atoms with Crippen LogP contribution in [0, 0.1) is 0 Å². The first-order valence-electron chi connectivity index (χ1n) is 10.4.